The zero-order valence-electron chi connectivity index (χ0n) is 8.32. The van der Waals surface area contributed by atoms with Gasteiger partial charge in [0.1, 0.15) is 11.3 Å². The van der Waals surface area contributed by atoms with Crippen molar-refractivity contribution in [1.29, 1.82) is 0 Å². The lowest BCUT2D eigenvalue weighted by Gasteiger charge is -2.05. The van der Waals surface area contributed by atoms with Crippen molar-refractivity contribution in [3.05, 3.63) is 31.1 Å². The maximum Gasteiger partial charge on any atom is 0.345 e. The van der Waals surface area contributed by atoms with Gasteiger partial charge in [-0.05, 0) is 28.7 Å². The van der Waals surface area contributed by atoms with Gasteiger partial charge in [0.05, 0.1) is 12.0 Å². The fourth-order valence-corrected chi connectivity index (χ4v) is 1.84. The molecule has 0 aliphatic carbocycles. The molecule has 1 aromatic heterocycles. The van der Waals surface area contributed by atoms with E-state index in [-0.39, 0.29) is 3.70 Å². The summed E-state index contributed by atoms with van der Waals surface area (Å²) in [5, 5.41) is 10.7. The Morgan fingerprint density at radius 1 is 1.65 bits per heavy atom. The maximum absolute atomic E-state index is 12.4. The zero-order chi connectivity index (χ0) is 13.2. The Morgan fingerprint density at radius 3 is 2.65 bits per heavy atom. The van der Waals surface area contributed by atoms with E-state index < -0.39 is 34.3 Å². The monoisotopic (exact) mass is 358 g/mol. The number of rotatable bonds is 3. The molecule has 0 amide bonds. The second-order valence-electron chi connectivity index (χ2n) is 2.78. The number of nitro groups is 1. The minimum absolute atomic E-state index is 0.286. The second-order valence-corrected chi connectivity index (χ2v) is 3.81. The summed E-state index contributed by atoms with van der Waals surface area (Å²) in [7, 11) is 1.00. The number of aromatic nitrogens is 1. The third kappa shape index (κ3) is 2.84. The first-order chi connectivity index (χ1) is 7.88. The van der Waals surface area contributed by atoms with Crippen molar-refractivity contribution in [2.24, 2.45) is 0 Å². The van der Waals surface area contributed by atoms with E-state index >= 15 is 0 Å². The van der Waals surface area contributed by atoms with Gasteiger partial charge >= 0.3 is 11.7 Å². The Morgan fingerprint density at radius 2 is 2.24 bits per heavy atom. The molecule has 0 N–H and O–H groups in total. The smallest absolute Gasteiger partial charge is 0.345 e. The Labute approximate surface area is 107 Å². The van der Waals surface area contributed by atoms with Gasteiger partial charge in [-0.3, -0.25) is 10.1 Å². The molecule has 1 aromatic rings. The van der Waals surface area contributed by atoms with E-state index in [1.807, 2.05) is 0 Å². The maximum atomic E-state index is 12.4. The molecule has 0 unspecified atom stereocenters. The van der Waals surface area contributed by atoms with Crippen LogP contribution in [0.1, 0.15) is 22.5 Å². The van der Waals surface area contributed by atoms with Gasteiger partial charge in [0.25, 0.3) is 6.43 Å². The number of pyridine rings is 1. The molecule has 6 nitrogen and oxygen atoms in total. The molecule has 17 heavy (non-hydrogen) atoms. The van der Waals surface area contributed by atoms with Crippen LogP contribution in [0.15, 0.2) is 6.07 Å². The summed E-state index contributed by atoms with van der Waals surface area (Å²) in [6, 6.07) is 0.663. The molecular formula is C8H5F2IN2O4. The lowest BCUT2D eigenvalue weighted by molar-refractivity contribution is -0.386. The van der Waals surface area contributed by atoms with E-state index in [0.717, 1.165) is 7.11 Å². The molecule has 0 atom stereocenters. The molecule has 0 fully saturated rings. The molecule has 0 aromatic carbocycles. The quantitative estimate of drug-likeness (QED) is 0.272. The molecule has 1 rings (SSSR count). The largest absolute Gasteiger partial charge is 0.465 e. The minimum Gasteiger partial charge on any atom is -0.465 e. The number of halogens is 3. The molecule has 0 aliphatic rings. The number of carbonyl (C=O) groups excluding carboxylic acids is 1. The third-order valence-electron chi connectivity index (χ3n) is 1.78. The van der Waals surface area contributed by atoms with Gasteiger partial charge in [0.15, 0.2) is 3.70 Å². The van der Waals surface area contributed by atoms with Crippen molar-refractivity contribution in [3.8, 4) is 0 Å². The highest BCUT2D eigenvalue weighted by Gasteiger charge is 2.28. The lowest BCUT2D eigenvalue weighted by Crippen LogP contribution is -2.10. The topological polar surface area (TPSA) is 82.3 Å². The number of hydrogen-bond donors (Lipinski definition) is 0. The van der Waals surface area contributed by atoms with Crippen molar-refractivity contribution in [3.63, 3.8) is 0 Å². The number of hydrogen-bond acceptors (Lipinski definition) is 5. The van der Waals surface area contributed by atoms with Crippen LogP contribution < -0.4 is 0 Å². The van der Waals surface area contributed by atoms with Crippen molar-refractivity contribution in [2.75, 3.05) is 7.11 Å². The summed E-state index contributed by atoms with van der Waals surface area (Å²) in [6.45, 7) is 0. The highest BCUT2D eigenvalue weighted by atomic mass is 127. The number of ether oxygens (including phenoxy) is 1. The molecule has 92 valence electrons. The SMILES string of the molecule is COC(=O)c1cc(C(F)F)nc(I)c1[N+](=O)[O-]. The fourth-order valence-electron chi connectivity index (χ4n) is 1.08. The molecule has 0 aliphatic heterocycles. The second kappa shape index (κ2) is 5.29. The molecular weight excluding hydrogens is 353 g/mol. The van der Waals surface area contributed by atoms with Crippen molar-refractivity contribution < 1.29 is 23.2 Å². The van der Waals surface area contributed by atoms with E-state index in [2.05, 4.69) is 9.72 Å². The summed E-state index contributed by atoms with van der Waals surface area (Å²) in [6.07, 6.45) is -2.92. The van der Waals surface area contributed by atoms with Gasteiger partial charge in [0, 0.05) is 0 Å². The van der Waals surface area contributed by atoms with E-state index in [9.17, 15) is 23.7 Å². The minimum atomic E-state index is -2.92. The van der Waals surface area contributed by atoms with Gasteiger partial charge in [-0.1, -0.05) is 0 Å². The summed E-state index contributed by atoms with van der Waals surface area (Å²) in [5.74, 6) is -1.06. The number of alkyl halides is 2. The fraction of sp³-hybridized carbons (Fsp3) is 0.250. The molecule has 0 saturated heterocycles. The molecule has 9 heteroatoms. The molecule has 0 spiro atoms. The van der Waals surface area contributed by atoms with Gasteiger partial charge in [-0.2, -0.15) is 0 Å². The highest BCUT2D eigenvalue weighted by molar-refractivity contribution is 14.1. The average Bonchev–Trinajstić information content (AvgIpc) is 2.26. The Hall–Kier alpha value is -1.39. The molecule has 1 heterocycles. The van der Waals surface area contributed by atoms with Crippen LogP contribution in [-0.4, -0.2) is 23.0 Å². The van der Waals surface area contributed by atoms with Crippen molar-refractivity contribution in [2.45, 2.75) is 6.43 Å². The predicted octanol–water partition coefficient (Wildman–Crippen LogP) is 2.32. The van der Waals surface area contributed by atoms with Crippen LogP contribution in [-0.2, 0) is 4.74 Å². The lowest BCUT2D eigenvalue weighted by atomic mass is 10.2. The van der Waals surface area contributed by atoms with Crippen LogP contribution in [0.4, 0.5) is 14.5 Å². The Kier molecular flexibility index (Phi) is 4.26. The van der Waals surface area contributed by atoms with Crippen LogP contribution >= 0.6 is 22.6 Å². The van der Waals surface area contributed by atoms with Crippen LogP contribution in [0.5, 0.6) is 0 Å². The zero-order valence-corrected chi connectivity index (χ0v) is 10.5. The molecule has 0 radical (unpaired) electrons. The molecule has 0 bridgehead atoms. The van der Waals surface area contributed by atoms with E-state index in [1.54, 1.807) is 0 Å². The first-order valence-corrected chi connectivity index (χ1v) is 5.17. The average molecular weight is 358 g/mol. The normalized spacial score (nSPS) is 10.4. The summed E-state index contributed by atoms with van der Waals surface area (Å²) in [4.78, 5) is 24.5. The standard InChI is InChI=1S/C8H5F2IN2O4/c1-17-8(14)3-2-4(6(9)10)12-7(11)5(3)13(15)16/h2,6H,1H3. The Bertz CT molecular complexity index is 481. The predicted molar refractivity (Wildman–Crippen MR) is 59.9 cm³/mol. The summed E-state index contributed by atoms with van der Waals surface area (Å²) in [5.41, 5.74) is -1.88. The van der Waals surface area contributed by atoms with Gasteiger partial charge in [-0.25, -0.2) is 18.6 Å². The van der Waals surface area contributed by atoms with Crippen LogP contribution in [0, 0.1) is 13.8 Å². The third-order valence-corrected chi connectivity index (χ3v) is 2.53. The van der Waals surface area contributed by atoms with E-state index in [4.69, 9.17) is 0 Å². The van der Waals surface area contributed by atoms with E-state index in [1.165, 1.54) is 22.6 Å². The van der Waals surface area contributed by atoms with Crippen molar-refractivity contribution in [1.82, 2.24) is 4.98 Å². The summed E-state index contributed by atoms with van der Waals surface area (Å²) < 4.78 is 28.9. The first-order valence-electron chi connectivity index (χ1n) is 4.09. The van der Waals surface area contributed by atoms with Gasteiger partial charge in [0.2, 0.25) is 0 Å². The molecule has 0 saturated carbocycles. The van der Waals surface area contributed by atoms with Crippen LogP contribution in [0.3, 0.4) is 0 Å². The summed E-state index contributed by atoms with van der Waals surface area (Å²) >= 11 is 1.42. The van der Waals surface area contributed by atoms with Gasteiger partial charge < -0.3 is 4.74 Å². The van der Waals surface area contributed by atoms with Crippen LogP contribution in [0.25, 0.3) is 0 Å². The number of methoxy groups -OCH3 is 1. The van der Waals surface area contributed by atoms with E-state index in [0.29, 0.717) is 6.07 Å². The van der Waals surface area contributed by atoms with Gasteiger partial charge in [-0.15, -0.1) is 0 Å². The number of nitrogens with zero attached hydrogens (tertiary/aromatic N) is 2. The Balaban J connectivity index is 3.50. The van der Waals surface area contributed by atoms with Crippen molar-refractivity contribution >= 4 is 34.2 Å². The number of esters is 1. The highest BCUT2D eigenvalue weighted by Crippen LogP contribution is 2.28. The van der Waals surface area contributed by atoms with Crippen LogP contribution in [0.2, 0.25) is 0 Å². The number of carbonyl (C=O) groups is 1. The first kappa shape index (κ1) is 13.7.